The molecular weight excluding hydrogens is 496 g/mol. The van der Waals surface area contributed by atoms with Gasteiger partial charge in [0.2, 0.25) is 0 Å². The molecule has 9 heteroatoms. The fourth-order valence-corrected chi connectivity index (χ4v) is 5.07. The fraction of sp³-hybridized carbons (Fsp3) is 0.200. The van der Waals surface area contributed by atoms with E-state index >= 15 is 0 Å². The Morgan fingerprint density at radius 2 is 1.97 bits per heavy atom. The van der Waals surface area contributed by atoms with Crippen LogP contribution in [-0.4, -0.2) is 60.6 Å². The lowest BCUT2D eigenvalue weighted by atomic mass is 10.0. The van der Waals surface area contributed by atoms with Crippen LogP contribution < -0.4 is 0 Å². The summed E-state index contributed by atoms with van der Waals surface area (Å²) < 4.78 is 27.4. The maximum absolute atomic E-state index is 13.7. The summed E-state index contributed by atoms with van der Waals surface area (Å²) in [5.74, 6) is -2.63. The Morgan fingerprint density at radius 1 is 1.10 bits per heavy atom. The van der Waals surface area contributed by atoms with Gasteiger partial charge < -0.3 is 4.98 Å². The molecule has 0 radical (unpaired) electrons. The van der Waals surface area contributed by atoms with Gasteiger partial charge in [-0.25, -0.2) is 8.78 Å². The predicted molar refractivity (Wildman–Crippen MR) is 150 cm³/mol. The lowest BCUT2D eigenvalue weighted by Crippen LogP contribution is -2.26. The van der Waals surface area contributed by atoms with E-state index in [9.17, 15) is 8.78 Å². The standard InChI is InChI=1S/C30H27F2N7/c1-3-19(17-39-11-8-30(31,32)18-39)12-20(4-2)25-13-23-27(16-35-25)37-38-29(23)26-14-22-24(36-26)7-10-34-28(22)21-6-5-9-33-15-21/h3-7,9-10,12-16,36H,1,8,11,17-18H2,2H3,(H,37,38)/b19-12+,20-4+. The van der Waals surface area contributed by atoms with E-state index in [0.717, 1.165) is 61.3 Å². The van der Waals surface area contributed by atoms with Crippen LogP contribution in [0.4, 0.5) is 8.78 Å². The van der Waals surface area contributed by atoms with Crippen LogP contribution in [0.2, 0.25) is 0 Å². The predicted octanol–water partition coefficient (Wildman–Crippen LogP) is 6.42. The first-order valence-corrected chi connectivity index (χ1v) is 12.8. The monoisotopic (exact) mass is 523 g/mol. The van der Waals surface area contributed by atoms with E-state index < -0.39 is 5.92 Å². The van der Waals surface area contributed by atoms with Crippen molar-refractivity contribution in [1.82, 2.24) is 35.0 Å². The molecule has 39 heavy (non-hydrogen) atoms. The van der Waals surface area contributed by atoms with E-state index in [1.807, 2.05) is 43.3 Å². The number of halogens is 2. The van der Waals surface area contributed by atoms with Crippen LogP contribution in [0.5, 0.6) is 0 Å². The number of aromatic amines is 2. The number of nitrogens with zero attached hydrogens (tertiary/aromatic N) is 5. The number of hydrogen-bond donors (Lipinski definition) is 2. The largest absolute Gasteiger partial charge is 0.353 e. The third-order valence-corrected chi connectivity index (χ3v) is 7.05. The third-order valence-electron chi connectivity index (χ3n) is 7.05. The number of pyridine rings is 3. The van der Waals surface area contributed by atoms with Gasteiger partial charge in [0, 0.05) is 60.0 Å². The quantitative estimate of drug-likeness (QED) is 0.241. The van der Waals surface area contributed by atoms with Crippen LogP contribution in [0.15, 0.2) is 85.5 Å². The third kappa shape index (κ3) is 4.88. The van der Waals surface area contributed by atoms with Gasteiger partial charge in [-0.15, -0.1) is 0 Å². The Hall–Kier alpha value is -4.50. The second-order valence-corrected chi connectivity index (χ2v) is 9.72. The van der Waals surface area contributed by atoms with Gasteiger partial charge in [0.25, 0.3) is 5.92 Å². The van der Waals surface area contributed by atoms with Crippen LogP contribution in [0.25, 0.3) is 50.0 Å². The van der Waals surface area contributed by atoms with Crippen molar-refractivity contribution >= 4 is 27.4 Å². The Morgan fingerprint density at radius 3 is 2.72 bits per heavy atom. The zero-order valence-electron chi connectivity index (χ0n) is 21.5. The van der Waals surface area contributed by atoms with Gasteiger partial charge in [-0.05, 0) is 54.5 Å². The first-order valence-electron chi connectivity index (χ1n) is 12.8. The second kappa shape index (κ2) is 9.99. The average molecular weight is 524 g/mol. The summed E-state index contributed by atoms with van der Waals surface area (Å²) in [5, 5.41) is 9.56. The summed E-state index contributed by atoms with van der Waals surface area (Å²) in [5.41, 5.74) is 7.66. The Labute approximate surface area is 224 Å². The van der Waals surface area contributed by atoms with Crippen molar-refractivity contribution < 1.29 is 8.78 Å². The number of allylic oxidation sites excluding steroid dienone is 3. The smallest absolute Gasteiger partial charge is 0.261 e. The Bertz CT molecular complexity index is 1730. The molecule has 1 fully saturated rings. The molecule has 0 aromatic carbocycles. The van der Waals surface area contributed by atoms with Crippen molar-refractivity contribution in [2.75, 3.05) is 19.6 Å². The minimum Gasteiger partial charge on any atom is -0.353 e. The highest BCUT2D eigenvalue weighted by Gasteiger charge is 2.37. The highest BCUT2D eigenvalue weighted by atomic mass is 19.3. The van der Waals surface area contributed by atoms with Crippen LogP contribution in [0.3, 0.4) is 0 Å². The summed E-state index contributed by atoms with van der Waals surface area (Å²) >= 11 is 0. The Balaban J connectivity index is 1.35. The van der Waals surface area contributed by atoms with Crippen molar-refractivity contribution in [3.63, 3.8) is 0 Å². The van der Waals surface area contributed by atoms with Gasteiger partial charge in [-0.3, -0.25) is 25.0 Å². The highest BCUT2D eigenvalue weighted by molar-refractivity contribution is 6.00. The average Bonchev–Trinajstić information content (AvgIpc) is 3.66. The maximum atomic E-state index is 13.7. The van der Waals surface area contributed by atoms with Crippen molar-refractivity contribution in [2.45, 2.75) is 19.3 Å². The first-order chi connectivity index (χ1) is 18.9. The van der Waals surface area contributed by atoms with Gasteiger partial charge >= 0.3 is 0 Å². The van der Waals surface area contributed by atoms with E-state index in [1.54, 1.807) is 35.8 Å². The molecule has 2 N–H and O–H groups in total. The minimum absolute atomic E-state index is 0.108. The summed E-state index contributed by atoms with van der Waals surface area (Å²) in [7, 11) is 0. The highest BCUT2D eigenvalue weighted by Crippen LogP contribution is 2.33. The zero-order valence-corrected chi connectivity index (χ0v) is 21.5. The SMILES string of the molecule is C=C/C(=C\C(=C/C)c1cc2c(-c3cc4c(-c5cccnc5)nccc4[nH]3)n[nH]c2cn1)CN1CCC(F)(F)C1. The second-order valence-electron chi connectivity index (χ2n) is 9.72. The summed E-state index contributed by atoms with van der Waals surface area (Å²) in [6.45, 7) is 6.40. The lowest BCUT2D eigenvalue weighted by Gasteiger charge is -2.16. The number of fused-ring (bicyclic) bond motifs is 2. The molecule has 1 saturated heterocycles. The van der Waals surface area contributed by atoms with E-state index in [-0.39, 0.29) is 13.0 Å². The van der Waals surface area contributed by atoms with Gasteiger partial charge in [-0.1, -0.05) is 18.7 Å². The van der Waals surface area contributed by atoms with E-state index in [2.05, 4.69) is 42.8 Å². The summed E-state index contributed by atoms with van der Waals surface area (Å²) in [4.78, 5) is 18.7. The summed E-state index contributed by atoms with van der Waals surface area (Å²) in [6.07, 6.45) is 12.6. The number of nitrogens with one attached hydrogen (secondary N) is 2. The molecule has 7 nitrogen and oxygen atoms in total. The maximum Gasteiger partial charge on any atom is 0.261 e. The molecule has 6 rings (SSSR count). The van der Waals surface area contributed by atoms with Crippen LogP contribution in [0.1, 0.15) is 19.0 Å². The topological polar surface area (TPSA) is 86.4 Å². The van der Waals surface area contributed by atoms with E-state index in [4.69, 9.17) is 0 Å². The molecule has 196 valence electrons. The summed E-state index contributed by atoms with van der Waals surface area (Å²) in [6, 6.07) is 9.87. The normalized spacial score (nSPS) is 16.4. The molecule has 0 aliphatic carbocycles. The van der Waals surface area contributed by atoms with Crippen molar-refractivity contribution in [1.29, 1.82) is 0 Å². The zero-order chi connectivity index (χ0) is 27.0. The van der Waals surface area contributed by atoms with E-state index in [1.165, 1.54) is 0 Å². The number of rotatable bonds is 7. The Kier molecular flexibility index (Phi) is 6.36. The molecule has 1 aliphatic heterocycles. The van der Waals surface area contributed by atoms with Gasteiger partial charge in [-0.2, -0.15) is 5.10 Å². The number of likely N-dealkylation sites (tertiary alicyclic amines) is 1. The molecule has 0 unspecified atom stereocenters. The number of H-pyrrole nitrogens is 2. The number of hydrogen-bond acceptors (Lipinski definition) is 5. The van der Waals surface area contributed by atoms with Crippen molar-refractivity contribution in [2.24, 2.45) is 0 Å². The van der Waals surface area contributed by atoms with Gasteiger partial charge in [0.15, 0.2) is 0 Å². The van der Waals surface area contributed by atoms with Crippen molar-refractivity contribution in [3.05, 3.63) is 91.2 Å². The molecule has 1 aliphatic rings. The molecule has 0 bridgehead atoms. The number of alkyl halides is 2. The molecule has 0 amide bonds. The molecule has 5 aromatic rings. The minimum atomic E-state index is -2.63. The lowest BCUT2D eigenvalue weighted by molar-refractivity contribution is 0.0131. The van der Waals surface area contributed by atoms with Crippen LogP contribution in [-0.2, 0) is 0 Å². The van der Waals surface area contributed by atoms with Gasteiger partial charge in [0.05, 0.1) is 35.3 Å². The molecular formula is C30H27F2N7. The molecule has 0 atom stereocenters. The fourth-order valence-electron chi connectivity index (χ4n) is 5.07. The van der Waals surface area contributed by atoms with Crippen LogP contribution >= 0.6 is 0 Å². The van der Waals surface area contributed by atoms with E-state index in [0.29, 0.717) is 13.1 Å². The molecule has 0 saturated carbocycles. The molecule has 0 spiro atoms. The number of aromatic nitrogens is 6. The first kappa shape index (κ1) is 24.8. The van der Waals surface area contributed by atoms with Crippen LogP contribution in [0, 0.1) is 0 Å². The molecule has 6 heterocycles. The molecule has 5 aromatic heterocycles. The van der Waals surface area contributed by atoms with Crippen molar-refractivity contribution in [3.8, 4) is 22.6 Å². The van der Waals surface area contributed by atoms with Gasteiger partial charge in [0.1, 0.15) is 5.69 Å².